The van der Waals surface area contributed by atoms with E-state index in [2.05, 4.69) is 20.4 Å². The zero-order valence-electron chi connectivity index (χ0n) is 20.6. The Bertz CT molecular complexity index is 957. The molecule has 2 aliphatic heterocycles. The fourth-order valence-electron chi connectivity index (χ4n) is 5.07. The van der Waals surface area contributed by atoms with Crippen molar-refractivity contribution in [2.24, 2.45) is 5.92 Å². The molecule has 2 N–H and O–H groups in total. The van der Waals surface area contributed by atoms with Gasteiger partial charge in [-0.3, -0.25) is 9.59 Å². The summed E-state index contributed by atoms with van der Waals surface area (Å²) in [6, 6.07) is 9.97. The van der Waals surface area contributed by atoms with Crippen LogP contribution in [0, 0.1) is 12.8 Å². The summed E-state index contributed by atoms with van der Waals surface area (Å²) < 4.78 is 1.90. The van der Waals surface area contributed by atoms with Gasteiger partial charge in [0.1, 0.15) is 5.69 Å². The van der Waals surface area contributed by atoms with Gasteiger partial charge in [-0.05, 0) is 57.8 Å². The van der Waals surface area contributed by atoms with Gasteiger partial charge in [0.2, 0.25) is 11.8 Å². The predicted octanol–water partition coefficient (Wildman–Crippen LogP) is 3.35. The summed E-state index contributed by atoms with van der Waals surface area (Å²) in [5, 5.41) is 10.9. The molecular formula is C26H38N6O2. The molecule has 0 aliphatic carbocycles. The third-order valence-electron chi connectivity index (χ3n) is 6.93. The summed E-state index contributed by atoms with van der Waals surface area (Å²) >= 11 is 0. The van der Waals surface area contributed by atoms with Gasteiger partial charge in [0.05, 0.1) is 11.4 Å². The van der Waals surface area contributed by atoms with E-state index < -0.39 is 0 Å². The van der Waals surface area contributed by atoms with Gasteiger partial charge < -0.3 is 20.4 Å². The molecule has 0 spiro atoms. The zero-order valence-corrected chi connectivity index (χ0v) is 20.6. The van der Waals surface area contributed by atoms with E-state index in [-0.39, 0.29) is 17.7 Å². The van der Waals surface area contributed by atoms with Crippen LogP contribution in [-0.4, -0.2) is 65.8 Å². The SMILES string of the molecule is CC(=O)Nc1c(C)nn(-c2ccccc2)c1N1CCC(C(=O)NCCN2CCCCCC2)CC1. The highest BCUT2D eigenvalue weighted by molar-refractivity contribution is 5.93. The number of hydrogen-bond donors (Lipinski definition) is 2. The molecule has 34 heavy (non-hydrogen) atoms. The van der Waals surface area contributed by atoms with Gasteiger partial charge in [-0.15, -0.1) is 0 Å². The van der Waals surface area contributed by atoms with Gasteiger partial charge in [-0.2, -0.15) is 5.10 Å². The number of piperidine rings is 1. The average molecular weight is 467 g/mol. The van der Waals surface area contributed by atoms with Gasteiger partial charge in [0.25, 0.3) is 0 Å². The molecule has 0 radical (unpaired) electrons. The van der Waals surface area contributed by atoms with Crippen LogP contribution < -0.4 is 15.5 Å². The number of amides is 2. The summed E-state index contributed by atoms with van der Waals surface area (Å²) in [5.41, 5.74) is 2.48. The lowest BCUT2D eigenvalue weighted by molar-refractivity contribution is -0.125. The smallest absolute Gasteiger partial charge is 0.223 e. The van der Waals surface area contributed by atoms with Crippen molar-refractivity contribution in [3.05, 3.63) is 36.0 Å². The minimum Gasteiger partial charge on any atom is -0.355 e. The minimum atomic E-state index is -0.115. The van der Waals surface area contributed by atoms with E-state index >= 15 is 0 Å². The second-order valence-corrected chi connectivity index (χ2v) is 9.52. The topological polar surface area (TPSA) is 82.5 Å². The lowest BCUT2D eigenvalue weighted by Crippen LogP contribution is -2.43. The molecule has 8 nitrogen and oxygen atoms in total. The van der Waals surface area contributed by atoms with Gasteiger partial charge in [-0.25, -0.2) is 4.68 Å². The first kappa shape index (κ1) is 24.3. The molecular weight excluding hydrogens is 428 g/mol. The first-order chi connectivity index (χ1) is 16.5. The maximum Gasteiger partial charge on any atom is 0.223 e. The Morgan fingerprint density at radius 1 is 1.00 bits per heavy atom. The van der Waals surface area contributed by atoms with E-state index in [9.17, 15) is 9.59 Å². The monoisotopic (exact) mass is 466 g/mol. The molecule has 0 unspecified atom stereocenters. The van der Waals surface area contributed by atoms with Crippen LogP contribution in [0.15, 0.2) is 30.3 Å². The summed E-state index contributed by atoms with van der Waals surface area (Å²) in [4.78, 5) is 29.5. The van der Waals surface area contributed by atoms with Crippen molar-refractivity contribution in [3.8, 4) is 5.69 Å². The van der Waals surface area contributed by atoms with Crippen LogP contribution >= 0.6 is 0 Å². The summed E-state index contributed by atoms with van der Waals surface area (Å²) in [7, 11) is 0. The van der Waals surface area contributed by atoms with Crippen molar-refractivity contribution in [1.82, 2.24) is 20.0 Å². The maximum absolute atomic E-state index is 12.8. The van der Waals surface area contributed by atoms with Crippen LogP contribution in [0.25, 0.3) is 5.69 Å². The zero-order chi connectivity index (χ0) is 23.9. The van der Waals surface area contributed by atoms with Crippen molar-refractivity contribution in [3.63, 3.8) is 0 Å². The fourth-order valence-corrected chi connectivity index (χ4v) is 5.07. The van der Waals surface area contributed by atoms with Crippen LogP contribution in [0.5, 0.6) is 0 Å². The Hall–Kier alpha value is -2.87. The van der Waals surface area contributed by atoms with Gasteiger partial charge in [-0.1, -0.05) is 31.0 Å². The number of benzene rings is 1. The highest BCUT2D eigenvalue weighted by Gasteiger charge is 2.29. The number of nitrogens with zero attached hydrogens (tertiary/aromatic N) is 4. The van der Waals surface area contributed by atoms with Crippen molar-refractivity contribution in [2.45, 2.75) is 52.4 Å². The fraction of sp³-hybridized carbons (Fsp3) is 0.577. The standard InChI is InChI=1S/C26H38N6O2/c1-20-24(28-21(2)33)26(32(29-20)23-10-6-5-7-11-23)31-17-12-22(13-18-31)25(34)27-14-19-30-15-8-3-4-9-16-30/h5-7,10-11,22H,3-4,8-9,12-19H2,1-2H3,(H,27,34)(H,28,33). The Morgan fingerprint density at radius 3 is 2.32 bits per heavy atom. The molecule has 184 valence electrons. The molecule has 1 aromatic carbocycles. The highest BCUT2D eigenvalue weighted by atomic mass is 16.2. The summed E-state index contributed by atoms with van der Waals surface area (Å²) in [5.74, 6) is 0.970. The van der Waals surface area contributed by atoms with Crippen LogP contribution in [0.4, 0.5) is 11.5 Å². The lowest BCUT2D eigenvalue weighted by Gasteiger charge is -2.33. The Kier molecular flexibility index (Phi) is 8.21. The summed E-state index contributed by atoms with van der Waals surface area (Å²) in [6.45, 7) is 8.90. The number of carbonyl (C=O) groups is 2. The molecule has 2 amide bonds. The molecule has 2 aliphatic rings. The number of hydrogen-bond acceptors (Lipinski definition) is 5. The number of aryl methyl sites for hydroxylation is 1. The first-order valence-electron chi connectivity index (χ1n) is 12.7. The lowest BCUT2D eigenvalue weighted by atomic mass is 9.96. The molecule has 2 fully saturated rings. The molecule has 3 heterocycles. The quantitative estimate of drug-likeness (QED) is 0.654. The van der Waals surface area contributed by atoms with Crippen molar-refractivity contribution < 1.29 is 9.59 Å². The van der Waals surface area contributed by atoms with Gasteiger partial charge >= 0.3 is 0 Å². The molecule has 2 aromatic rings. The molecule has 8 heteroatoms. The largest absolute Gasteiger partial charge is 0.355 e. The molecule has 0 bridgehead atoms. The van der Waals surface area contributed by atoms with E-state index in [0.29, 0.717) is 0 Å². The third kappa shape index (κ3) is 5.97. The third-order valence-corrected chi connectivity index (χ3v) is 6.93. The number of rotatable bonds is 7. The van der Waals surface area contributed by atoms with Crippen LogP contribution in [0.2, 0.25) is 0 Å². The Labute approximate surface area is 202 Å². The molecule has 4 rings (SSSR count). The molecule has 2 saturated heterocycles. The number of nitrogens with one attached hydrogen (secondary N) is 2. The number of carbonyl (C=O) groups excluding carboxylic acids is 2. The molecule has 0 atom stereocenters. The van der Waals surface area contributed by atoms with E-state index in [4.69, 9.17) is 5.10 Å². The maximum atomic E-state index is 12.8. The second-order valence-electron chi connectivity index (χ2n) is 9.52. The summed E-state index contributed by atoms with van der Waals surface area (Å²) in [6.07, 6.45) is 6.77. The van der Waals surface area contributed by atoms with Gasteiger partial charge in [0.15, 0.2) is 5.82 Å². The van der Waals surface area contributed by atoms with E-state index in [1.54, 1.807) is 0 Å². The van der Waals surface area contributed by atoms with E-state index in [1.165, 1.54) is 32.6 Å². The second kappa shape index (κ2) is 11.5. The number of anilines is 2. The Morgan fingerprint density at radius 2 is 1.68 bits per heavy atom. The molecule has 0 saturated carbocycles. The highest BCUT2D eigenvalue weighted by Crippen LogP contribution is 2.34. The predicted molar refractivity (Wildman–Crippen MR) is 135 cm³/mol. The van der Waals surface area contributed by atoms with Crippen molar-refractivity contribution in [2.75, 3.05) is 49.5 Å². The van der Waals surface area contributed by atoms with E-state index in [1.807, 2.05) is 41.9 Å². The van der Waals surface area contributed by atoms with Crippen LogP contribution in [0.3, 0.4) is 0 Å². The Balaban J connectivity index is 1.38. The van der Waals surface area contributed by atoms with Crippen molar-refractivity contribution >= 4 is 23.3 Å². The van der Waals surface area contributed by atoms with E-state index in [0.717, 1.165) is 75.0 Å². The first-order valence-corrected chi connectivity index (χ1v) is 12.7. The number of para-hydroxylation sites is 1. The average Bonchev–Trinajstić information content (AvgIpc) is 3.00. The van der Waals surface area contributed by atoms with Crippen LogP contribution in [-0.2, 0) is 9.59 Å². The van der Waals surface area contributed by atoms with Gasteiger partial charge in [0, 0.05) is 39.0 Å². The molecule has 1 aromatic heterocycles. The number of likely N-dealkylation sites (tertiary alicyclic amines) is 1. The minimum absolute atomic E-state index is 0.0267. The normalized spacial score (nSPS) is 17.9. The van der Waals surface area contributed by atoms with Crippen molar-refractivity contribution in [1.29, 1.82) is 0 Å². The van der Waals surface area contributed by atoms with Crippen LogP contribution in [0.1, 0.15) is 51.1 Å². The number of aromatic nitrogens is 2.